The van der Waals surface area contributed by atoms with Crippen molar-refractivity contribution in [2.45, 2.75) is 11.4 Å². The molecule has 1 heterocycles. The number of hydrogen-bond donors (Lipinski definition) is 2. The van der Waals surface area contributed by atoms with Crippen LogP contribution in [0.5, 0.6) is 0 Å². The number of aromatic nitrogens is 3. The van der Waals surface area contributed by atoms with Crippen LogP contribution in [0, 0.1) is 0 Å². The van der Waals surface area contributed by atoms with Crippen LogP contribution in [0.3, 0.4) is 0 Å². The number of nitrogens with one attached hydrogen (secondary N) is 2. The third kappa shape index (κ3) is 3.07. The summed E-state index contributed by atoms with van der Waals surface area (Å²) in [7, 11) is 0. The van der Waals surface area contributed by atoms with Gasteiger partial charge in [0, 0.05) is 10.5 Å². The molecule has 0 saturated carbocycles. The molecule has 17 heavy (non-hydrogen) atoms. The van der Waals surface area contributed by atoms with E-state index < -0.39 is 0 Å². The van der Waals surface area contributed by atoms with E-state index >= 15 is 0 Å². The molecular formula is C11H12N4OS. The van der Waals surface area contributed by atoms with Crippen molar-refractivity contribution in [3.8, 4) is 0 Å². The molecule has 6 heteroatoms. The van der Waals surface area contributed by atoms with E-state index in [1.54, 1.807) is 11.8 Å². The standard InChI is InChI=1S/C11H12N4OS/c1-17-9-4-2-8(3-5-9)11(16)12-6-10-13-7-14-15-10/h2-5,7H,6H2,1H3,(H,12,16)(H,13,14,15). The fraction of sp³-hybridized carbons (Fsp3) is 0.182. The lowest BCUT2D eigenvalue weighted by atomic mass is 10.2. The lowest BCUT2D eigenvalue weighted by molar-refractivity contribution is 0.0950. The number of aromatic amines is 1. The quantitative estimate of drug-likeness (QED) is 0.804. The van der Waals surface area contributed by atoms with Gasteiger partial charge in [-0.2, -0.15) is 5.10 Å². The summed E-state index contributed by atoms with van der Waals surface area (Å²) >= 11 is 1.65. The van der Waals surface area contributed by atoms with Gasteiger partial charge in [0.2, 0.25) is 0 Å². The first-order chi connectivity index (χ1) is 8.29. The molecule has 0 atom stereocenters. The van der Waals surface area contributed by atoms with Crippen LogP contribution in [0.4, 0.5) is 0 Å². The zero-order valence-electron chi connectivity index (χ0n) is 9.30. The number of carbonyl (C=O) groups is 1. The third-order valence-electron chi connectivity index (χ3n) is 2.23. The van der Waals surface area contributed by atoms with Crippen molar-refractivity contribution in [3.63, 3.8) is 0 Å². The van der Waals surface area contributed by atoms with Gasteiger partial charge in [-0.1, -0.05) is 0 Å². The predicted octanol–water partition coefficient (Wildman–Crippen LogP) is 1.46. The predicted molar refractivity (Wildman–Crippen MR) is 65.8 cm³/mol. The first-order valence-electron chi connectivity index (χ1n) is 5.06. The summed E-state index contributed by atoms with van der Waals surface area (Å²) < 4.78 is 0. The third-order valence-corrected chi connectivity index (χ3v) is 2.98. The summed E-state index contributed by atoms with van der Waals surface area (Å²) in [5.41, 5.74) is 0.641. The number of nitrogens with zero attached hydrogens (tertiary/aromatic N) is 2. The lowest BCUT2D eigenvalue weighted by Crippen LogP contribution is -2.23. The molecule has 0 bridgehead atoms. The highest BCUT2D eigenvalue weighted by Crippen LogP contribution is 2.14. The van der Waals surface area contributed by atoms with Crippen molar-refractivity contribution in [1.82, 2.24) is 20.5 Å². The topological polar surface area (TPSA) is 70.7 Å². The number of benzene rings is 1. The number of H-pyrrole nitrogens is 1. The van der Waals surface area contributed by atoms with Crippen molar-refractivity contribution in [1.29, 1.82) is 0 Å². The van der Waals surface area contributed by atoms with Gasteiger partial charge < -0.3 is 5.32 Å². The smallest absolute Gasteiger partial charge is 0.251 e. The highest BCUT2D eigenvalue weighted by atomic mass is 32.2. The summed E-state index contributed by atoms with van der Waals surface area (Å²) in [6, 6.07) is 7.46. The normalized spacial score (nSPS) is 10.2. The Morgan fingerprint density at radius 1 is 1.41 bits per heavy atom. The molecule has 2 N–H and O–H groups in total. The van der Waals surface area contributed by atoms with E-state index in [1.165, 1.54) is 6.33 Å². The Balaban J connectivity index is 1.95. The number of thioether (sulfide) groups is 1. The van der Waals surface area contributed by atoms with E-state index in [9.17, 15) is 4.79 Å². The van der Waals surface area contributed by atoms with Gasteiger partial charge in [0.1, 0.15) is 12.2 Å². The summed E-state index contributed by atoms with van der Waals surface area (Å²) in [6.07, 6.45) is 3.41. The molecule has 1 aromatic carbocycles. The maximum atomic E-state index is 11.8. The average Bonchev–Trinajstić information content (AvgIpc) is 2.89. The van der Waals surface area contributed by atoms with E-state index in [0.29, 0.717) is 17.9 Å². The van der Waals surface area contributed by atoms with Crippen molar-refractivity contribution in [3.05, 3.63) is 42.0 Å². The van der Waals surface area contributed by atoms with Crippen LogP contribution in [0.15, 0.2) is 35.5 Å². The Labute approximate surface area is 103 Å². The summed E-state index contributed by atoms with van der Waals surface area (Å²) in [5.74, 6) is 0.521. The Hall–Kier alpha value is -1.82. The van der Waals surface area contributed by atoms with Crippen LogP contribution >= 0.6 is 11.8 Å². The van der Waals surface area contributed by atoms with E-state index in [1.807, 2.05) is 30.5 Å². The SMILES string of the molecule is CSc1ccc(C(=O)NCc2ncn[nH]2)cc1. The van der Waals surface area contributed by atoms with Crippen LogP contribution in [0.1, 0.15) is 16.2 Å². The summed E-state index contributed by atoms with van der Waals surface area (Å²) in [5, 5.41) is 9.15. The second kappa shape index (κ2) is 5.49. The minimum absolute atomic E-state index is 0.117. The molecule has 0 unspecified atom stereocenters. The van der Waals surface area contributed by atoms with Gasteiger partial charge in [-0.05, 0) is 30.5 Å². The molecule has 0 radical (unpaired) electrons. The van der Waals surface area contributed by atoms with E-state index in [2.05, 4.69) is 20.5 Å². The van der Waals surface area contributed by atoms with Gasteiger partial charge >= 0.3 is 0 Å². The van der Waals surface area contributed by atoms with Crippen molar-refractivity contribution < 1.29 is 4.79 Å². The van der Waals surface area contributed by atoms with Crippen LogP contribution in [-0.2, 0) is 6.54 Å². The number of carbonyl (C=O) groups excluding carboxylic acids is 1. The summed E-state index contributed by atoms with van der Waals surface area (Å²) in [6.45, 7) is 0.350. The van der Waals surface area contributed by atoms with E-state index in [4.69, 9.17) is 0 Å². The monoisotopic (exact) mass is 248 g/mol. The second-order valence-corrected chi connectivity index (χ2v) is 4.22. The molecule has 2 aromatic rings. The number of amides is 1. The average molecular weight is 248 g/mol. The van der Waals surface area contributed by atoms with Gasteiger partial charge in [-0.3, -0.25) is 9.89 Å². The molecule has 0 fully saturated rings. The second-order valence-electron chi connectivity index (χ2n) is 3.34. The number of hydrogen-bond acceptors (Lipinski definition) is 4. The molecule has 5 nitrogen and oxygen atoms in total. The molecule has 1 amide bonds. The van der Waals surface area contributed by atoms with E-state index in [0.717, 1.165) is 4.90 Å². The van der Waals surface area contributed by atoms with Crippen molar-refractivity contribution in [2.75, 3.05) is 6.26 Å². The Morgan fingerprint density at radius 2 is 2.18 bits per heavy atom. The summed E-state index contributed by atoms with van der Waals surface area (Å²) in [4.78, 5) is 16.8. The maximum absolute atomic E-state index is 11.8. The fourth-order valence-corrected chi connectivity index (χ4v) is 1.73. The van der Waals surface area contributed by atoms with Crippen LogP contribution in [0.25, 0.3) is 0 Å². The molecular weight excluding hydrogens is 236 g/mol. The van der Waals surface area contributed by atoms with Crippen LogP contribution < -0.4 is 5.32 Å². The van der Waals surface area contributed by atoms with Gasteiger partial charge in [0.15, 0.2) is 0 Å². The lowest BCUT2D eigenvalue weighted by Gasteiger charge is -2.03. The van der Waals surface area contributed by atoms with Gasteiger partial charge in [-0.15, -0.1) is 11.8 Å². The van der Waals surface area contributed by atoms with E-state index in [-0.39, 0.29) is 5.91 Å². The molecule has 88 valence electrons. The zero-order chi connectivity index (χ0) is 12.1. The minimum atomic E-state index is -0.117. The first-order valence-corrected chi connectivity index (χ1v) is 6.28. The number of rotatable bonds is 4. The minimum Gasteiger partial charge on any atom is -0.345 e. The van der Waals surface area contributed by atoms with Crippen molar-refractivity contribution in [2.24, 2.45) is 0 Å². The Kier molecular flexibility index (Phi) is 3.77. The molecule has 0 aliphatic rings. The van der Waals surface area contributed by atoms with Crippen LogP contribution in [0.2, 0.25) is 0 Å². The van der Waals surface area contributed by atoms with Gasteiger partial charge in [0.25, 0.3) is 5.91 Å². The Morgan fingerprint density at radius 3 is 2.76 bits per heavy atom. The molecule has 0 saturated heterocycles. The largest absolute Gasteiger partial charge is 0.345 e. The van der Waals surface area contributed by atoms with Gasteiger partial charge in [-0.25, -0.2) is 4.98 Å². The fourth-order valence-electron chi connectivity index (χ4n) is 1.32. The molecule has 1 aromatic heterocycles. The highest BCUT2D eigenvalue weighted by molar-refractivity contribution is 7.98. The van der Waals surface area contributed by atoms with Gasteiger partial charge in [0.05, 0.1) is 6.54 Å². The zero-order valence-corrected chi connectivity index (χ0v) is 10.1. The van der Waals surface area contributed by atoms with Crippen molar-refractivity contribution >= 4 is 17.7 Å². The Bertz CT molecular complexity index is 481. The molecule has 0 spiro atoms. The molecule has 0 aliphatic carbocycles. The van der Waals surface area contributed by atoms with Crippen LogP contribution in [-0.4, -0.2) is 27.3 Å². The maximum Gasteiger partial charge on any atom is 0.251 e. The molecule has 0 aliphatic heterocycles. The molecule has 2 rings (SSSR count). The first kappa shape index (κ1) is 11.7. The highest BCUT2D eigenvalue weighted by Gasteiger charge is 2.05.